The molecule has 0 saturated heterocycles. The average molecular weight is 185 g/mol. The van der Waals surface area contributed by atoms with Crippen LogP contribution in [0, 0.1) is 0 Å². The van der Waals surface area contributed by atoms with Crippen molar-refractivity contribution in [2.45, 2.75) is 19.2 Å². The molecule has 68 valence electrons. The smallest absolute Gasteiger partial charge is 0.116 e. The first-order valence-electron chi connectivity index (χ1n) is 4.12. The van der Waals surface area contributed by atoms with E-state index in [2.05, 4.69) is 22.2 Å². The Morgan fingerprint density at radius 2 is 2.50 bits per heavy atom. The third-order valence-corrected chi connectivity index (χ3v) is 2.38. The first-order chi connectivity index (χ1) is 5.86. The van der Waals surface area contributed by atoms with Gasteiger partial charge in [0.1, 0.15) is 5.82 Å². The standard InChI is InChI=1S/C8H15N3S/c1-3-12-6-8-10-5-7(11-8)4-9-2/h5,9H,3-4,6H2,1-2H3,(H,10,11). The molecule has 1 rings (SSSR count). The lowest BCUT2D eigenvalue weighted by molar-refractivity contribution is 0.794. The second-order valence-electron chi connectivity index (χ2n) is 2.52. The van der Waals surface area contributed by atoms with Gasteiger partial charge < -0.3 is 10.3 Å². The van der Waals surface area contributed by atoms with Crippen LogP contribution in [0.4, 0.5) is 0 Å². The molecule has 3 nitrogen and oxygen atoms in total. The molecule has 2 N–H and O–H groups in total. The Morgan fingerprint density at radius 3 is 3.17 bits per heavy atom. The SMILES string of the molecule is CCSCc1ncc(CNC)[nH]1. The van der Waals surface area contributed by atoms with Crippen molar-refractivity contribution in [1.82, 2.24) is 15.3 Å². The minimum absolute atomic E-state index is 0.865. The highest BCUT2D eigenvalue weighted by atomic mass is 32.2. The third kappa shape index (κ3) is 2.87. The largest absolute Gasteiger partial charge is 0.344 e. The summed E-state index contributed by atoms with van der Waals surface area (Å²) in [6.07, 6.45) is 1.89. The van der Waals surface area contributed by atoms with E-state index >= 15 is 0 Å². The molecule has 0 fully saturated rings. The van der Waals surface area contributed by atoms with Gasteiger partial charge in [0.05, 0.1) is 5.75 Å². The van der Waals surface area contributed by atoms with Gasteiger partial charge in [0, 0.05) is 18.4 Å². The van der Waals surface area contributed by atoms with Gasteiger partial charge in [-0.25, -0.2) is 4.98 Å². The normalized spacial score (nSPS) is 10.5. The van der Waals surface area contributed by atoms with E-state index in [9.17, 15) is 0 Å². The quantitative estimate of drug-likeness (QED) is 0.728. The molecule has 12 heavy (non-hydrogen) atoms. The zero-order chi connectivity index (χ0) is 8.81. The van der Waals surface area contributed by atoms with Crippen LogP contribution >= 0.6 is 11.8 Å². The lowest BCUT2D eigenvalue weighted by Gasteiger charge is -1.94. The molecule has 1 heterocycles. The Bertz CT molecular complexity index is 222. The molecule has 4 heteroatoms. The Morgan fingerprint density at radius 1 is 1.67 bits per heavy atom. The summed E-state index contributed by atoms with van der Waals surface area (Å²) in [5.74, 6) is 3.20. The van der Waals surface area contributed by atoms with Crippen LogP contribution in [0.15, 0.2) is 6.20 Å². The molecule has 0 aliphatic rings. The molecule has 0 spiro atoms. The number of nitrogens with zero attached hydrogens (tertiary/aromatic N) is 1. The maximum Gasteiger partial charge on any atom is 0.116 e. The van der Waals surface area contributed by atoms with E-state index in [4.69, 9.17) is 0 Å². The lowest BCUT2D eigenvalue weighted by atomic mass is 10.5. The zero-order valence-corrected chi connectivity index (χ0v) is 8.37. The molecule has 0 aromatic carbocycles. The fourth-order valence-electron chi connectivity index (χ4n) is 0.958. The second-order valence-corrected chi connectivity index (χ2v) is 3.80. The van der Waals surface area contributed by atoms with Gasteiger partial charge in [-0.15, -0.1) is 0 Å². The van der Waals surface area contributed by atoms with Crippen LogP contribution in [0.3, 0.4) is 0 Å². The van der Waals surface area contributed by atoms with Crippen molar-refractivity contribution >= 4 is 11.8 Å². The summed E-state index contributed by atoms with van der Waals surface area (Å²) < 4.78 is 0. The summed E-state index contributed by atoms with van der Waals surface area (Å²) in [5.41, 5.74) is 1.16. The molecule has 0 atom stereocenters. The number of thioether (sulfide) groups is 1. The molecule has 1 aromatic heterocycles. The molecule has 0 amide bonds. The number of hydrogen-bond donors (Lipinski definition) is 2. The highest BCUT2D eigenvalue weighted by molar-refractivity contribution is 7.98. The van der Waals surface area contributed by atoms with E-state index in [-0.39, 0.29) is 0 Å². The van der Waals surface area contributed by atoms with Crippen LogP contribution in [0.1, 0.15) is 18.4 Å². The van der Waals surface area contributed by atoms with Crippen molar-refractivity contribution in [2.75, 3.05) is 12.8 Å². The van der Waals surface area contributed by atoms with E-state index in [1.54, 1.807) is 0 Å². The third-order valence-electron chi connectivity index (χ3n) is 1.49. The maximum atomic E-state index is 4.26. The highest BCUT2D eigenvalue weighted by Gasteiger charge is 1.98. The van der Waals surface area contributed by atoms with Gasteiger partial charge in [-0.3, -0.25) is 0 Å². The van der Waals surface area contributed by atoms with Crippen molar-refractivity contribution in [3.05, 3.63) is 17.7 Å². The van der Waals surface area contributed by atoms with Crippen LogP contribution in [0.25, 0.3) is 0 Å². The number of hydrogen-bond acceptors (Lipinski definition) is 3. The molecule has 1 aromatic rings. The molecule has 0 saturated carbocycles. The van der Waals surface area contributed by atoms with Crippen LogP contribution < -0.4 is 5.32 Å². The number of imidazole rings is 1. The molecule has 0 radical (unpaired) electrons. The summed E-state index contributed by atoms with van der Waals surface area (Å²) in [4.78, 5) is 7.51. The molecule has 0 unspecified atom stereocenters. The van der Waals surface area contributed by atoms with E-state index in [1.807, 2.05) is 25.0 Å². The summed E-state index contributed by atoms with van der Waals surface area (Å²) >= 11 is 1.88. The minimum Gasteiger partial charge on any atom is -0.344 e. The van der Waals surface area contributed by atoms with E-state index in [0.29, 0.717) is 0 Å². The number of H-pyrrole nitrogens is 1. The van der Waals surface area contributed by atoms with E-state index in [0.717, 1.165) is 29.6 Å². The Kier molecular flexibility index (Phi) is 4.18. The van der Waals surface area contributed by atoms with Crippen LogP contribution in [-0.4, -0.2) is 22.8 Å². The topological polar surface area (TPSA) is 40.7 Å². The predicted octanol–water partition coefficient (Wildman–Crippen LogP) is 1.38. The Hall–Kier alpha value is -0.480. The van der Waals surface area contributed by atoms with Gasteiger partial charge in [0.15, 0.2) is 0 Å². The van der Waals surface area contributed by atoms with Crippen LogP contribution in [-0.2, 0) is 12.3 Å². The summed E-state index contributed by atoms with van der Waals surface area (Å²) in [6, 6.07) is 0. The minimum atomic E-state index is 0.865. The molecule has 0 aliphatic heterocycles. The van der Waals surface area contributed by atoms with Crippen molar-refractivity contribution < 1.29 is 0 Å². The van der Waals surface area contributed by atoms with Gasteiger partial charge in [0.25, 0.3) is 0 Å². The summed E-state index contributed by atoms with van der Waals surface area (Å²) in [7, 11) is 1.93. The van der Waals surface area contributed by atoms with E-state index in [1.165, 1.54) is 0 Å². The molecule has 0 aliphatic carbocycles. The maximum absolute atomic E-state index is 4.26. The van der Waals surface area contributed by atoms with Crippen molar-refractivity contribution in [2.24, 2.45) is 0 Å². The number of nitrogens with one attached hydrogen (secondary N) is 2. The fourth-order valence-corrected chi connectivity index (χ4v) is 1.50. The molecular weight excluding hydrogens is 170 g/mol. The van der Waals surface area contributed by atoms with Crippen LogP contribution in [0.2, 0.25) is 0 Å². The average Bonchev–Trinajstić information content (AvgIpc) is 2.50. The van der Waals surface area contributed by atoms with E-state index < -0.39 is 0 Å². The predicted molar refractivity (Wildman–Crippen MR) is 53.2 cm³/mol. The van der Waals surface area contributed by atoms with Gasteiger partial charge in [-0.1, -0.05) is 6.92 Å². The van der Waals surface area contributed by atoms with Gasteiger partial charge in [-0.2, -0.15) is 11.8 Å². The number of aromatic amines is 1. The van der Waals surface area contributed by atoms with Crippen LogP contribution in [0.5, 0.6) is 0 Å². The van der Waals surface area contributed by atoms with Crippen molar-refractivity contribution in [3.8, 4) is 0 Å². The number of aromatic nitrogens is 2. The Labute approximate surface area is 77.4 Å². The highest BCUT2D eigenvalue weighted by Crippen LogP contribution is 2.07. The van der Waals surface area contributed by atoms with Gasteiger partial charge >= 0.3 is 0 Å². The van der Waals surface area contributed by atoms with Crippen molar-refractivity contribution in [3.63, 3.8) is 0 Å². The monoisotopic (exact) mass is 185 g/mol. The van der Waals surface area contributed by atoms with Gasteiger partial charge in [0.2, 0.25) is 0 Å². The first kappa shape index (κ1) is 9.61. The molecular formula is C8H15N3S. The Balaban J connectivity index is 2.41. The summed E-state index contributed by atoms with van der Waals surface area (Å²) in [6.45, 7) is 3.02. The summed E-state index contributed by atoms with van der Waals surface area (Å²) in [5, 5.41) is 3.08. The first-order valence-corrected chi connectivity index (χ1v) is 5.27. The fraction of sp³-hybridized carbons (Fsp3) is 0.625. The molecule has 0 bridgehead atoms. The second kappa shape index (κ2) is 5.22. The van der Waals surface area contributed by atoms with Gasteiger partial charge in [-0.05, 0) is 12.8 Å². The number of rotatable bonds is 5. The zero-order valence-electron chi connectivity index (χ0n) is 7.55. The van der Waals surface area contributed by atoms with Crippen molar-refractivity contribution in [1.29, 1.82) is 0 Å². The lowest BCUT2D eigenvalue weighted by Crippen LogP contribution is -2.05.